The fraction of sp³-hybridized carbons (Fsp3) is 0.333. The van der Waals surface area contributed by atoms with Gasteiger partial charge >= 0.3 is 0 Å². The number of rotatable bonds is 2. The lowest BCUT2D eigenvalue weighted by atomic mass is 9.66. The third-order valence-electron chi connectivity index (χ3n) is 5.72. The fourth-order valence-corrected chi connectivity index (χ4v) is 4.54. The minimum absolute atomic E-state index is 0.00732. The van der Waals surface area contributed by atoms with E-state index in [-0.39, 0.29) is 17.9 Å². The first kappa shape index (κ1) is 15.9. The van der Waals surface area contributed by atoms with Gasteiger partial charge in [-0.1, -0.05) is 42.5 Å². The first-order valence-electron chi connectivity index (χ1n) is 8.85. The molecule has 1 spiro atoms. The maximum atomic E-state index is 13.2. The van der Waals surface area contributed by atoms with Crippen LogP contribution in [0.1, 0.15) is 42.5 Å². The molecule has 0 radical (unpaired) electrons. The second kappa shape index (κ2) is 5.73. The SMILES string of the molecule is CCN1C(=O)CCC2(C(=O)Nc3ccccc32)C1c1ccccc1C. The standard InChI is InChI=1S/C21H22N2O2/c1-3-23-18(24)12-13-21(19(23)15-9-5-4-8-14(15)2)16-10-6-7-11-17(16)22-20(21)25/h4-11,19H,3,12-13H2,1-2H3,(H,22,25). The number of benzene rings is 2. The second-order valence-corrected chi connectivity index (χ2v) is 6.91. The van der Waals surface area contributed by atoms with Crippen molar-refractivity contribution in [2.45, 2.75) is 38.1 Å². The number of carbonyl (C=O) groups is 2. The summed E-state index contributed by atoms with van der Waals surface area (Å²) in [5.41, 5.74) is 3.34. The van der Waals surface area contributed by atoms with Gasteiger partial charge in [0, 0.05) is 18.7 Å². The Kier molecular flexibility index (Phi) is 3.64. The molecule has 2 aromatic carbocycles. The molecule has 4 nitrogen and oxygen atoms in total. The van der Waals surface area contributed by atoms with Crippen LogP contribution < -0.4 is 5.32 Å². The van der Waals surface area contributed by atoms with Gasteiger partial charge in [0.15, 0.2) is 0 Å². The highest BCUT2D eigenvalue weighted by atomic mass is 16.2. The van der Waals surface area contributed by atoms with Gasteiger partial charge in [0.2, 0.25) is 11.8 Å². The van der Waals surface area contributed by atoms with Crippen molar-refractivity contribution in [1.82, 2.24) is 4.90 Å². The molecular formula is C21H22N2O2. The highest BCUT2D eigenvalue weighted by molar-refractivity contribution is 6.08. The number of likely N-dealkylation sites (tertiary alicyclic amines) is 1. The summed E-state index contributed by atoms with van der Waals surface area (Å²) in [6, 6.07) is 15.7. The maximum Gasteiger partial charge on any atom is 0.237 e. The van der Waals surface area contributed by atoms with E-state index in [1.54, 1.807) is 0 Å². The van der Waals surface area contributed by atoms with Gasteiger partial charge < -0.3 is 10.2 Å². The number of fused-ring (bicyclic) bond motifs is 2. The predicted molar refractivity (Wildman–Crippen MR) is 97.3 cm³/mol. The lowest BCUT2D eigenvalue weighted by Crippen LogP contribution is -2.54. The number of nitrogens with one attached hydrogen (secondary N) is 1. The first-order chi connectivity index (χ1) is 12.1. The number of aryl methyl sites for hydroxylation is 1. The Labute approximate surface area is 147 Å². The van der Waals surface area contributed by atoms with E-state index in [9.17, 15) is 9.59 Å². The Bertz CT molecular complexity index is 860. The zero-order chi connectivity index (χ0) is 17.6. The van der Waals surface area contributed by atoms with Gasteiger partial charge in [-0.3, -0.25) is 9.59 Å². The van der Waals surface area contributed by atoms with Gasteiger partial charge in [-0.25, -0.2) is 0 Å². The molecule has 2 unspecified atom stereocenters. The normalized spacial score (nSPS) is 25.2. The van der Waals surface area contributed by atoms with Gasteiger partial charge in [0.1, 0.15) is 5.41 Å². The number of carbonyl (C=O) groups excluding carboxylic acids is 2. The monoisotopic (exact) mass is 334 g/mol. The number of para-hydroxylation sites is 1. The highest BCUT2D eigenvalue weighted by Gasteiger charge is 2.57. The molecule has 2 aromatic rings. The molecule has 2 atom stereocenters. The number of likely N-dealkylation sites (N-methyl/N-ethyl adjacent to an activating group) is 1. The topological polar surface area (TPSA) is 49.4 Å². The molecule has 25 heavy (non-hydrogen) atoms. The van der Waals surface area contributed by atoms with Crippen molar-refractivity contribution in [3.63, 3.8) is 0 Å². The largest absolute Gasteiger partial charge is 0.334 e. The zero-order valence-electron chi connectivity index (χ0n) is 14.6. The first-order valence-corrected chi connectivity index (χ1v) is 8.85. The van der Waals surface area contributed by atoms with Gasteiger partial charge in [-0.2, -0.15) is 0 Å². The zero-order valence-corrected chi connectivity index (χ0v) is 14.6. The minimum atomic E-state index is -0.716. The smallest absolute Gasteiger partial charge is 0.237 e. The molecule has 4 rings (SSSR count). The molecule has 0 aliphatic carbocycles. The van der Waals surface area contributed by atoms with E-state index >= 15 is 0 Å². The van der Waals surface area contributed by atoms with Crippen LogP contribution in [-0.2, 0) is 15.0 Å². The lowest BCUT2D eigenvalue weighted by Gasteiger charge is -2.47. The lowest BCUT2D eigenvalue weighted by molar-refractivity contribution is -0.143. The average molecular weight is 334 g/mol. The molecule has 1 fully saturated rings. The molecule has 1 N–H and O–H groups in total. The minimum Gasteiger partial charge on any atom is -0.334 e. The van der Waals surface area contributed by atoms with E-state index in [1.165, 1.54) is 0 Å². The average Bonchev–Trinajstić information content (AvgIpc) is 2.90. The van der Waals surface area contributed by atoms with E-state index in [1.807, 2.05) is 48.2 Å². The summed E-state index contributed by atoms with van der Waals surface area (Å²) >= 11 is 0. The Morgan fingerprint density at radius 1 is 1.12 bits per heavy atom. The van der Waals surface area contributed by atoms with Crippen LogP contribution in [0.25, 0.3) is 0 Å². The summed E-state index contributed by atoms with van der Waals surface area (Å²) in [7, 11) is 0. The third-order valence-corrected chi connectivity index (χ3v) is 5.72. The van der Waals surface area contributed by atoms with Crippen LogP contribution in [0.2, 0.25) is 0 Å². The molecule has 2 amide bonds. The molecule has 1 saturated heterocycles. The van der Waals surface area contributed by atoms with E-state index in [0.29, 0.717) is 19.4 Å². The molecule has 128 valence electrons. The van der Waals surface area contributed by atoms with Crippen LogP contribution in [0.3, 0.4) is 0 Å². The molecule has 2 heterocycles. The Morgan fingerprint density at radius 2 is 1.84 bits per heavy atom. The highest BCUT2D eigenvalue weighted by Crippen LogP contribution is 2.54. The van der Waals surface area contributed by atoms with E-state index in [2.05, 4.69) is 24.4 Å². The summed E-state index contributed by atoms with van der Waals surface area (Å²) < 4.78 is 0. The van der Waals surface area contributed by atoms with Crippen molar-refractivity contribution >= 4 is 17.5 Å². The Morgan fingerprint density at radius 3 is 2.60 bits per heavy atom. The van der Waals surface area contributed by atoms with Crippen LogP contribution >= 0.6 is 0 Å². The van der Waals surface area contributed by atoms with Crippen molar-refractivity contribution in [3.8, 4) is 0 Å². The van der Waals surface area contributed by atoms with Crippen molar-refractivity contribution in [2.24, 2.45) is 0 Å². The quantitative estimate of drug-likeness (QED) is 0.913. The van der Waals surface area contributed by atoms with Crippen LogP contribution in [-0.4, -0.2) is 23.3 Å². The van der Waals surface area contributed by atoms with Crippen LogP contribution in [0, 0.1) is 6.92 Å². The number of hydrogen-bond acceptors (Lipinski definition) is 2. The molecule has 0 saturated carbocycles. The molecule has 2 aliphatic rings. The van der Waals surface area contributed by atoms with E-state index in [0.717, 1.165) is 22.4 Å². The Hall–Kier alpha value is -2.62. The third kappa shape index (κ3) is 2.13. The van der Waals surface area contributed by atoms with Gasteiger partial charge in [-0.15, -0.1) is 0 Å². The molecule has 0 bridgehead atoms. The molecule has 2 aliphatic heterocycles. The molecular weight excluding hydrogens is 312 g/mol. The predicted octanol–water partition coefficient (Wildman–Crippen LogP) is 3.57. The summed E-state index contributed by atoms with van der Waals surface area (Å²) in [5, 5.41) is 3.06. The van der Waals surface area contributed by atoms with Crippen molar-refractivity contribution in [3.05, 3.63) is 65.2 Å². The van der Waals surface area contributed by atoms with Crippen molar-refractivity contribution in [1.29, 1.82) is 0 Å². The second-order valence-electron chi connectivity index (χ2n) is 6.91. The summed E-state index contributed by atoms with van der Waals surface area (Å²) in [6.45, 7) is 4.63. The van der Waals surface area contributed by atoms with Gasteiger partial charge in [0.05, 0.1) is 6.04 Å². The van der Waals surface area contributed by atoms with Crippen molar-refractivity contribution < 1.29 is 9.59 Å². The van der Waals surface area contributed by atoms with Gasteiger partial charge in [-0.05, 0) is 43.0 Å². The van der Waals surface area contributed by atoms with E-state index < -0.39 is 5.41 Å². The number of anilines is 1. The number of nitrogens with zero attached hydrogens (tertiary/aromatic N) is 1. The van der Waals surface area contributed by atoms with Gasteiger partial charge in [0.25, 0.3) is 0 Å². The van der Waals surface area contributed by atoms with Crippen LogP contribution in [0.15, 0.2) is 48.5 Å². The summed E-state index contributed by atoms with van der Waals surface area (Å²) in [6.07, 6.45) is 0.947. The summed E-state index contributed by atoms with van der Waals surface area (Å²) in [4.78, 5) is 27.8. The number of amides is 2. The number of piperidine rings is 1. The van der Waals surface area contributed by atoms with Crippen molar-refractivity contribution in [2.75, 3.05) is 11.9 Å². The van der Waals surface area contributed by atoms with E-state index in [4.69, 9.17) is 0 Å². The number of hydrogen-bond donors (Lipinski definition) is 1. The molecule has 4 heteroatoms. The molecule has 0 aromatic heterocycles. The van der Waals surface area contributed by atoms with Crippen LogP contribution in [0.5, 0.6) is 0 Å². The Balaban J connectivity index is 1.99. The maximum absolute atomic E-state index is 13.2. The summed E-state index contributed by atoms with van der Waals surface area (Å²) in [5.74, 6) is 0.131. The van der Waals surface area contributed by atoms with Crippen LogP contribution in [0.4, 0.5) is 5.69 Å². The fourth-order valence-electron chi connectivity index (χ4n) is 4.54.